The van der Waals surface area contributed by atoms with Crippen LogP contribution in [0.15, 0.2) is 82.2 Å². The van der Waals surface area contributed by atoms with E-state index in [1.165, 1.54) is 17.0 Å². The quantitative estimate of drug-likeness (QED) is 0.299. The first-order valence-electron chi connectivity index (χ1n) is 12.8. The van der Waals surface area contributed by atoms with Crippen LogP contribution in [0.2, 0.25) is 0 Å². The first-order chi connectivity index (χ1) is 18.9. The average molecular weight is 635 g/mol. The molecule has 11 heteroatoms. The third-order valence-corrected chi connectivity index (χ3v) is 8.24. The minimum Gasteiger partial charge on any atom is -0.494 e. The largest absolute Gasteiger partial charge is 0.494 e. The van der Waals surface area contributed by atoms with Crippen LogP contribution in [-0.4, -0.2) is 50.4 Å². The molecule has 1 N–H and O–H groups in total. The first-order valence-corrected chi connectivity index (χ1v) is 15.0. The van der Waals surface area contributed by atoms with Crippen LogP contribution in [0, 0.1) is 5.82 Å². The van der Waals surface area contributed by atoms with E-state index in [-0.39, 0.29) is 29.1 Å². The Balaban J connectivity index is 2.03. The van der Waals surface area contributed by atoms with E-state index in [2.05, 4.69) is 21.2 Å². The summed E-state index contributed by atoms with van der Waals surface area (Å²) in [5, 5.41) is 2.82. The highest BCUT2D eigenvalue weighted by Gasteiger charge is 2.32. The highest BCUT2D eigenvalue weighted by Crippen LogP contribution is 2.27. The second kappa shape index (κ2) is 13.8. The van der Waals surface area contributed by atoms with Crippen LogP contribution < -0.4 is 14.4 Å². The van der Waals surface area contributed by atoms with Crippen molar-refractivity contribution in [1.29, 1.82) is 0 Å². The number of amides is 2. The Kier molecular flexibility index (Phi) is 10.7. The third-order valence-electron chi connectivity index (χ3n) is 5.96. The lowest BCUT2D eigenvalue weighted by Crippen LogP contribution is -2.52. The zero-order valence-corrected chi connectivity index (χ0v) is 25.2. The number of nitrogens with zero attached hydrogens (tertiary/aromatic N) is 2. The summed E-state index contributed by atoms with van der Waals surface area (Å²) < 4.78 is 48.4. The topological polar surface area (TPSA) is 96.0 Å². The van der Waals surface area contributed by atoms with E-state index in [9.17, 15) is 22.4 Å². The number of rotatable bonds is 12. The van der Waals surface area contributed by atoms with Crippen LogP contribution in [0.5, 0.6) is 5.75 Å². The molecule has 0 aromatic heterocycles. The Morgan fingerprint density at radius 2 is 1.65 bits per heavy atom. The van der Waals surface area contributed by atoms with Crippen molar-refractivity contribution in [2.24, 2.45) is 0 Å². The van der Waals surface area contributed by atoms with E-state index in [4.69, 9.17) is 4.74 Å². The van der Waals surface area contributed by atoms with E-state index >= 15 is 0 Å². The smallest absolute Gasteiger partial charge is 0.264 e. The van der Waals surface area contributed by atoms with Crippen LogP contribution in [0.4, 0.5) is 10.1 Å². The molecule has 1 unspecified atom stereocenters. The molecule has 0 fully saturated rings. The lowest BCUT2D eigenvalue weighted by Gasteiger charge is -2.32. The molecule has 0 heterocycles. The molecule has 0 aliphatic heterocycles. The maximum atomic E-state index is 13.9. The fourth-order valence-electron chi connectivity index (χ4n) is 3.96. The maximum absolute atomic E-state index is 13.9. The zero-order chi connectivity index (χ0) is 29.4. The molecule has 3 aromatic carbocycles. The second-order valence-corrected chi connectivity index (χ2v) is 12.2. The Morgan fingerprint density at radius 1 is 1.00 bits per heavy atom. The van der Waals surface area contributed by atoms with Crippen molar-refractivity contribution >= 4 is 43.5 Å². The number of halogens is 2. The van der Waals surface area contributed by atoms with E-state index < -0.39 is 34.3 Å². The van der Waals surface area contributed by atoms with E-state index in [1.807, 2.05) is 45.0 Å². The standard InChI is InChI=1S/C29H33BrFN3O5S/c1-5-39-26-13-11-25(12-14-26)34(40(37,38)27-15-9-24(31)10-16-27)19-28(35)33(21(4)29(36)32-20(2)3)18-22-7-6-8-23(30)17-22/h6-17,20-21H,5,18-19H2,1-4H3,(H,32,36). The molecule has 3 aromatic rings. The minimum absolute atomic E-state index is 0.0681. The van der Waals surface area contributed by atoms with Crippen LogP contribution in [-0.2, 0) is 26.2 Å². The van der Waals surface area contributed by atoms with E-state index in [1.54, 1.807) is 19.1 Å². The maximum Gasteiger partial charge on any atom is 0.264 e. The Bertz CT molecular complexity index is 1420. The van der Waals surface area contributed by atoms with Gasteiger partial charge in [-0.2, -0.15) is 0 Å². The number of hydrogen-bond donors (Lipinski definition) is 1. The molecule has 0 saturated carbocycles. The molecule has 0 aliphatic carbocycles. The van der Waals surface area contributed by atoms with Gasteiger partial charge in [0.2, 0.25) is 11.8 Å². The van der Waals surface area contributed by atoms with E-state index in [0.717, 1.165) is 38.6 Å². The summed E-state index contributed by atoms with van der Waals surface area (Å²) in [6, 6.07) is 16.9. The molecule has 0 bridgehead atoms. The third kappa shape index (κ3) is 8.04. The van der Waals surface area contributed by atoms with Crippen molar-refractivity contribution < 1.29 is 27.1 Å². The molecule has 0 saturated heterocycles. The number of sulfonamides is 1. The van der Waals surface area contributed by atoms with Gasteiger partial charge in [-0.15, -0.1) is 0 Å². The van der Waals surface area contributed by atoms with Gasteiger partial charge in [-0.05, 0) is 93.9 Å². The molecule has 8 nitrogen and oxygen atoms in total. The molecule has 3 rings (SSSR count). The lowest BCUT2D eigenvalue weighted by atomic mass is 10.1. The monoisotopic (exact) mass is 633 g/mol. The molecule has 0 aliphatic rings. The Morgan fingerprint density at radius 3 is 2.23 bits per heavy atom. The number of hydrogen-bond acceptors (Lipinski definition) is 5. The summed E-state index contributed by atoms with van der Waals surface area (Å²) in [7, 11) is -4.30. The average Bonchev–Trinajstić information content (AvgIpc) is 2.90. The second-order valence-electron chi connectivity index (χ2n) is 9.38. The molecule has 0 spiro atoms. The number of benzene rings is 3. The number of ether oxygens (including phenoxy) is 1. The van der Waals surface area contributed by atoms with Gasteiger partial charge in [0.25, 0.3) is 10.0 Å². The van der Waals surface area contributed by atoms with Crippen molar-refractivity contribution in [3.63, 3.8) is 0 Å². The van der Waals surface area contributed by atoms with E-state index in [0.29, 0.717) is 12.4 Å². The van der Waals surface area contributed by atoms with Gasteiger partial charge in [0.1, 0.15) is 24.2 Å². The molecular formula is C29H33BrFN3O5S. The molecule has 0 radical (unpaired) electrons. The van der Waals surface area contributed by atoms with Gasteiger partial charge in [0.15, 0.2) is 0 Å². The van der Waals surface area contributed by atoms with Crippen molar-refractivity contribution in [2.75, 3.05) is 17.5 Å². The van der Waals surface area contributed by atoms with Gasteiger partial charge in [-0.25, -0.2) is 12.8 Å². The zero-order valence-electron chi connectivity index (χ0n) is 22.8. The number of carbonyl (C=O) groups is 2. The predicted molar refractivity (Wildman–Crippen MR) is 156 cm³/mol. The van der Waals surface area contributed by atoms with Crippen LogP contribution in [0.25, 0.3) is 0 Å². The van der Waals surface area contributed by atoms with Crippen LogP contribution >= 0.6 is 15.9 Å². The van der Waals surface area contributed by atoms with Gasteiger partial charge in [-0.3, -0.25) is 13.9 Å². The van der Waals surface area contributed by atoms with Crippen molar-refractivity contribution in [2.45, 2.75) is 51.2 Å². The summed E-state index contributed by atoms with van der Waals surface area (Å²) in [4.78, 5) is 28.0. The van der Waals surface area contributed by atoms with Gasteiger partial charge in [0.05, 0.1) is 17.2 Å². The molecule has 2 amide bonds. The van der Waals surface area contributed by atoms with Crippen molar-refractivity contribution in [1.82, 2.24) is 10.2 Å². The summed E-state index contributed by atoms with van der Waals surface area (Å²) in [6.07, 6.45) is 0. The van der Waals surface area contributed by atoms with Crippen molar-refractivity contribution in [3.8, 4) is 5.75 Å². The molecule has 40 heavy (non-hydrogen) atoms. The highest BCUT2D eigenvalue weighted by atomic mass is 79.9. The van der Waals surface area contributed by atoms with Gasteiger partial charge in [0, 0.05) is 17.1 Å². The highest BCUT2D eigenvalue weighted by molar-refractivity contribution is 9.10. The predicted octanol–water partition coefficient (Wildman–Crippen LogP) is 5.12. The van der Waals surface area contributed by atoms with Gasteiger partial charge >= 0.3 is 0 Å². The fraction of sp³-hybridized carbons (Fsp3) is 0.310. The van der Waals surface area contributed by atoms with Crippen LogP contribution in [0.1, 0.15) is 33.3 Å². The molecular weight excluding hydrogens is 601 g/mol. The summed E-state index contributed by atoms with van der Waals surface area (Å²) in [5.41, 5.74) is 0.962. The minimum atomic E-state index is -4.30. The first kappa shape index (κ1) is 31.1. The number of carbonyl (C=O) groups excluding carboxylic acids is 2. The van der Waals surface area contributed by atoms with Crippen LogP contribution in [0.3, 0.4) is 0 Å². The summed E-state index contributed by atoms with van der Waals surface area (Å²) >= 11 is 3.43. The molecule has 1 atom stereocenters. The summed E-state index contributed by atoms with van der Waals surface area (Å²) in [5.74, 6) is -1.02. The number of nitrogens with one attached hydrogen (secondary N) is 1. The normalized spacial score (nSPS) is 12.1. The SMILES string of the molecule is CCOc1ccc(N(CC(=O)N(Cc2cccc(Br)c2)C(C)C(=O)NC(C)C)S(=O)(=O)c2ccc(F)cc2)cc1. The lowest BCUT2D eigenvalue weighted by molar-refractivity contribution is -0.139. The fourth-order valence-corrected chi connectivity index (χ4v) is 5.82. The number of anilines is 1. The Hall–Kier alpha value is -3.44. The van der Waals surface area contributed by atoms with Crippen molar-refractivity contribution in [3.05, 3.63) is 88.6 Å². The van der Waals surface area contributed by atoms with Gasteiger partial charge < -0.3 is 15.0 Å². The van der Waals surface area contributed by atoms with Gasteiger partial charge in [-0.1, -0.05) is 28.1 Å². The Labute approximate surface area is 243 Å². The molecule has 214 valence electrons. The summed E-state index contributed by atoms with van der Waals surface area (Å²) in [6.45, 7) is 6.95.